The average Bonchev–Trinajstić information content (AvgIpc) is 2.59. The molecule has 0 saturated heterocycles. The lowest BCUT2D eigenvalue weighted by atomic mass is 10.2. The quantitative estimate of drug-likeness (QED) is 0.817. The van der Waals surface area contributed by atoms with Gasteiger partial charge in [-0.05, 0) is 26.0 Å². The summed E-state index contributed by atoms with van der Waals surface area (Å²) in [6.07, 6.45) is 0.210. The molecule has 0 fully saturated rings. The minimum atomic E-state index is -0.598. The molecule has 0 unspecified atom stereocenters. The molecule has 6 nitrogen and oxygen atoms in total. The fraction of sp³-hybridized carbons (Fsp3) is 0.471. The summed E-state index contributed by atoms with van der Waals surface area (Å²) in [5.41, 5.74) is 0.912. The Balaban J connectivity index is 1.85. The Morgan fingerprint density at radius 1 is 1.25 bits per heavy atom. The van der Waals surface area contributed by atoms with Crippen molar-refractivity contribution >= 4 is 35.2 Å². The molecule has 1 atom stereocenters. The van der Waals surface area contributed by atoms with Gasteiger partial charge in [0.25, 0.3) is 0 Å². The van der Waals surface area contributed by atoms with E-state index in [4.69, 9.17) is 0 Å². The zero-order chi connectivity index (χ0) is 17.5. The van der Waals surface area contributed by atoms with Crippen LogP contribution in [0.2, 0.25) is 0 Å². The van der Waals surface area contributed by atoms with E-state index in [2.05, 4.69) is 10.6 Å². The zero-order valence-corrected chi connectivity index (χ0v) is 14.8. The Morgan fingerprint density at radius 3 is 2.75 bits per heavy atom. The van der Waals surface area contributed by atoms with Crippen molar-refractivity contribution in [2.45, 2.75) is 37.6 Å². The maximum absolute atomic E-state index is 12.4. The van der Waals surface area contributed by atoms with Crippen LogP contribution in [0.5, 0.6) is 0 Å². The minimum Gasteiger partial charge on any atom is -0.355 e. The highest BCUT2D eigenvalue weighted by molar-refractivity contribution is 7.99. The first-order valence-electron chi connectivity index (χ1n) is 8.12. The topological polar surface area (TPSA) is 78.5 Å². The van der Waals surface area contributed by atoms with Crippen LogP contribution in [0.4, 0.5) is 5.69 Å². The van der Waals surface area contributed by atoms with E-state index in [1.54, 1.807) is 23.6 Å². The molecule has 7 heteroatoms. The SMILES string of the molecule is CCNC(=O)[C@@H](C)NC(=O)CCC(=O)N1CCSc2ccccc21. The van der Waals surface area contributed by atoms with Gasteiger partial charge in [0.05, 0.1) is 5.69 Å². The molecule has 1 aromatic rings. The van der Waals surface area contributed by atoms with Crippen molar-refractivity contribution in [2.75, 3.05) is 23.7 Å². The molecule has 0 aromatic heterocycles. The molecule has 1 aromatic carbocycles. The number of benzene rings is 1. The number of rotatable bonds is 6. The molecular formula is C17H23N3O3S. The van der Waals surface area contributed by atoms with Crippen LogP contribution in [0.15, 0.2) is 29.2 Å². The summed E-state index contributed by atoms with van der Waals surface area (Å²) >= 11 is 1.73. The molecule has 3 amide bonds. The Hall–Kier alpha value is -2.02. The van der Waals surface area contributed by atoms with Crippen LogP contribution < -0.4 is 15.5 Å². The third-order valence-corrected chi connectivity index (χ3v) is 4.76. The molecular weight excluding hydrogens is 326 g/mol. The van der Waals surface area contributed by atoms with E-state index in [1.165, 1.54) is 0 Å². The molecule has 2 rings (SSSR count). The number of fused-ring (bicyclic) bond motifs is 1. The standard InChI is InChI=1S/C17H23N3O3S/c1-3-18-17(23)12(2)19-15(21)8-9-16(22)20-10-11-24-14-7-5-4-6-13(14)20/h4-7,12H,3,8-11H2,1-2H3,(H,18,23)(H,19,21)/t12-/m1/s1. The lowest BCUT2D eigenvalue weighted by Gasteiger charge is -2.29. The first kappa shape index (κ1) is 18.3. The molecule has 0 bridgehead atoms. The molecule has 1 heterocycles. The van der Waals surface area contributed by atoms with Gasteiger partial charge in [-0.1, -0.05) is 12.1 Å². The first-order chi connectivity index (χ1) is 11.5. The second-order valence-corrected chi connectivity index (χ2v) is 6.68. The van der Waals surface area contributed by atoms with Gasteiger partial charge >= 0.3 is 0 Å². The number of amides is 3. The summed E-state index contributed by atoms with van der Waals surface area (Å²) in [6, 6.07) is 7.19. The van der Waals surface area contributed by atoms with Crippen LogP contribution in [0.25, 0.3) is 0 Å². The maximum atomic E-state index is 12.4. The molecule has 1 aliphatic rings. The third-order valence-electron chi connectivity index (χ3n) is 3.72. The fourth-order valence-electron chi connectivity index (χ4n) is 2.49. The van der Waals surface area contributed by atoms with Crippen molar-refractivity contribution in [1.29, 1.82) is 0 Å². The van der Waals surface area contributed by atoms with Crippen LogP contribution >= 0.6 is 11.8 Å². The van der Waals surface area contributed by atoms with E-state index < -0.39 is 6.04 Å². The Morgan fingerprint density at radius 2 is 2.00 bits per heavy atom. The van der Waals surface area contributed by atoms with E-state index in [0.717, 1.165) is 16.3 Å². The number of para-hydroxylation sites is 1. The van der Waals surface area contributed by atoms with Crippen molar-refractivity contribution in [2.24, 2.45) is 0 Å². The summed E-state index contributed by atoms with van der Waals surface area (Å²) in [6.45, 7) is 4.62. The fourth-order valence-corrected chi connectivity index (χ4v) is 3.49. The van der Waals surface area contributed by atoms with Crippen molar-refractivity contribution in [3.8, 4) is 0 Å². The van der Waals surface area contributed by atoms with E-state index in [9.17, 15) is 14.4 Å². The van der Waals surface area contributed by atoms with Gasteiger partial charge in [-0.15, -0.1) is 11.8 Å². The van der Waals surface area contributed by atoms with Gasteiger partial charge in [-0.25, -0.2) is 0 Å². The molecule has 1 aliphatic heterocycles. The molecule has 0 spiro atoms. The molecule has 0 radical (unpaired) electrons. The number of thioether (sulfide) groups is 1. The van der Waals surface area contributed by atoms with Crippen molar-refractivity contribution < 1.29 is 14.4 Å². The minimum absolute atomic E-state index is 0.0661. The van der Waals surface area contributed by atoms with Gasteiger partial charge < -0.3 is 15.5 Å². The van der Waals surface area contributed by atoms with Gasteiger partial charge in [0.1, 0.15) is 6.04 Å². The van der Waals surface area contributed by atoms with E-state index in [1.807, 2.05) is 31.2 Å². The molecule has 0 aliphatic carbocycles. The van der Waals surface area contributed by atoms with Gasteiger partial charge in [-0.3, -0.25) is 14.4 Å². The van der Waals surface area contributed by atoms with Crippen LogP contribution in [0.3, 0.4) is 0 Å². The van der Waals surface area contributed by atoms with Crippen LogP contribution in [-0.4, -0.2) is 42.6 Å². The Bertz CT molecular complexity index is 621. The van der Waals surface area contributed by atoms with Crippen LogP contribution in [0.1, 0.15) is 26.7 Å². The molecule has 2 N–H and O–H groups in total. The van der Waals surface area contributed by atoms with Crippen LogP contribution in [0, 0.1) is 0 Å². The number of carbonyl (C=O) groups is 3. The number of hydrogen-bond donors (Lipinski definition) is 2. The van der Waals surface area contributed by atoms with Crippen molar-refractivity contribution in [3.63, 3.8) is 0 Å². The molecule has 0 saturated carbocycles. The zero-order valence-electron chi connectivity index (χ0n) is 14.0. The summed E-state index contributed by atoms with van der Waals surface area (Å²) in [7, 11) is 0. The van der Waals surface area contributed by atoms with Gasteiger partial charge in [0.2, 0.25) is 17.7 Å². The maximum Gasteiger partial charge on any atom is 0.242 e. The summed E-state index contributed by atoms with van der Waals surface area (Å²) in [4.78, 5) is 38.8. The lowest BCUT2D eigenvalue weighted by Crippen LogP contribution is -2.45. The monoisotopic (exact) mass is 349 g/mol. The first-order valence-corrected chi connectivity index (χ1v) is 9.10. The second-order valence-electron chi connectivity index (χ2n) is 5.55. The average molecular weight is 349 g/mol. The van der Waals surface area contributed by atoms with Gasteiger partial charge in [0, 0.05) is 36.6 Å². The predicted molar refractivity (Wildman–Crippen MR) is 95.0 cm³/mol. The largest absolute Gasteiger partial charge is 0.355 e. The molecule has 24 heavy (non-hydrogen) atoms. The predicted octanol–water partition coefficient (Wildman–Crippen LogP) is 1.55. The number of nitrogens with one attached hydrogen (secondary N) is 2. The van der Waals surface area contributed by atoms with Crippen molar-refractivity contribution in [3.05, 3.63) is 24.3 Å². The highest BCUT2D eigenvalue weighted by Gasteiger charge is 2.23. The number of hydrogen-bond acceptors (Lipinski definition) is 4. The van der Waals surface area contributed by atoms with Gasteiger partial charge in [-0.2, -0.15) is 0 Å². The third kappa shape index (κ3) is 4.74. The summed E-state index contributed by atoms with van der Waals surface area (Å²) in [5, 5.41) is 5.26. The second kappa shape index (κ2) is 8.73. The Labute approximate surface area is 146 Å². The van der Waals surface area contributed by atoms with Crippen molar-refractivity contribution in [1.82, 2.24) is 10.6 Å². The number of anilines is 1. The number of nitrogens with zero attached hydrogens (tertiary/aromatic N) is 1. The number of likely N-dealkylation sites (N-methyl/N-ethyl adjacent to an activating group) is 1. The molecule has 130 valence electrons. The smallest absolute Gasteiger partial charge is 0.242 e. The highest BCUT2D eigenvalue weighted by Crippen LogP contribution is 2.34. The van der Waals surface area contributed by atoms with E-state index in [0.29, 0.717) is 13.1 Å². The van der Waals surface area contributed by atoms with Crippen LogP contribution in [-0.2, 0) is 14.4 Å². The highest BCUT2D eigenvalue weighted by atomic mass is 32.2. The summed E-state index contributed by atoms with van der Waals surface area (Å²) < 4.78 is 0. The summed E-state index contributed by atoms with van der Waals surface area (Å²) in [5.74, 6) is 0.271. The number of carbonyl (C=O) groups excluding carboxylic acids is 3. The van der Waals surface area contributed by atoms with Gasteiger partial charge in [0.15, 0.2) is 0 Å². The lowest BCUT2D eigenvalue weighted by molar-refractivity contribution is -0.129. The normalized spacial score (nSPS) is 14.5. The van der Waals surface area contributed by atoms with E-state index in [-0.39, 0.29) is 30.6 Å². The van der Waals surface area contributed by atoms with E-state index >= 15 is 0 Å². The Kier molecular flexibility index (Phi) is 6.66.